The zero-order chi connectivity index (χ0) is 21.0. The van der Waals surface area contributed by atoms with Crippen LogP contribution in [0.4, 0.5) is 10.8 Å². The van der Waals surface area contributed by atoms with Crippen molar-refractivity contribution in [2.24, 2.45) is 17.8 Å². The van der Waals surface area contributed by atoms with Crippen molar-refractivity contribution in [3.63, 3.8) is 0 Å². The average Bonchev–Trinajstić information content (AvgIpc) is 3.21. The van der Waals surface area contributed by atoms with E-state index in [2.05, 4.69) is 10.3 Å². The van der Waals surface area contributed by atoms with Gasteiger partial charge in [0.2, 0.25) is 6.54 Å². The summed E-state index contributed by atoms with van der Waals surface area (Å²) < 4.78 is 5.26. The van der Waals surface area contributed by atoms with E-state index in [1.54, 1.807) is 5.38 Å². The lowest BCUT2D eigenvalue weighted by Crippen LogP contribution is -2.27. The fraction of sp³-hybridized carbons (Fsp3) is 0.450. The number of esters is 1. The topological polar surface area (TPSA) is 111 Å². The Hall–Kier alpha value is -2.81. The van der Waals surface area contributed by atoms with Gasteiger partial charge in [0.1, 0.15) is 12.4 Å². The van der Waals surface area contributed by atoms with Gasteiger partial charge >= 0.3 is 5.97 Å². The third-order valence-corrected chi connectivity index (χ3v) is 5.97. The maximum absolute atomic E-state index is 12.2. The highest BCUT2D eigenvalue weighted by molar-refractivity contribution is 7.13. The van der Waals surface area contributed by atoms with Gasteiger partial charge in [-0.25, -0.2) is 4.98 Å². The van der Waals surface area contributed by atoms with Crippen LogP contribution in [0, 0.1) is 34.8 Å². The molecule has 1 aromatic heterocycles. The zero-order valence-corrected chi connectivity index (χ0v) is 17.1. The van der Waals surface area contributed by atoms with Crippen molar-refractivity contribution in [3.05, 3.63) is 51.0 Å². The quantitative estimate of drug-likeness (QED) is 0.395. The van der Waals surface area contributed by atoms with Gasteiger partial charge in [-0.3, -0.25) is 19.7 Å². The number of Topliss-reactive ketones (excluding diaryl/α,β-unsaturated/α-hetero) is 1. The van der Waals surface area contributed by atoms with E-state index in [0.29, 0.717) is 10.8 Å². The molecule has 1 heterocycles. The van der Waals surface area contributed by atoms with E-state index in [9.17, 15) is 19.7 Å². The highest BCUT2D eigenvalue weighted by Gasteiger charge is 2.44. The highest BCUT2D eigenvalue weighted by Crippen LogP contribution is 2.36. The first-order valence-electron chi connectivity index (χ1n) is 9.40. The van der Waals surface area contributed by atoms with Gasteiger partial charge in [0.25, 0.3) is 0 Å². The SMILES string of the molecule is Cc1ccc(Nc2nc(COC(=O)C[C@@H]3C(=O)C[C@@H](C)[C@H]3C[N+](=O)[O-])cs2)cc1. The van der Waals surface area contributed by atoms with Crippen LogP contribution in [-0.4, -0.2) is 28.2 Å². The number of ketones is 1. The number of anilines is 2. The van der Waals surface area contributed by atoms with Gasteiger partial charge in [0, 0.05) is 34.2 Å². The maximum Gasteiger partial charge on any atom is 0.306 e. The monoisotopic (exact) mass is 417 g/mol. The van der Waals surface area contributed by atoms with E-state index in [1.165, 1.54) is 11.3 Å². The summed E-state index contributed by atoms with van der Waals surface area (Å²) in [6.07, 6.45) is 0.150. The summed E-state index contributed by atoms with van der Waals surface area (Å²) in [5.74, 6) is -1.79. The zero-order valence-electron chi connectivity index (χ0n) is 16.3. The van der Waals surface area contributed by atoms with Crippen molar-refractivity contribution in [1.29, 1.82) is 0 Å². The van der Waals surface area contributed by atoms with Crippen LogP contribution in [0.2, 0.25) is 0 Å². The normalized spacial score (nSPS) is 21.2. The number of carbonyl (C=O) groups is 2. The van der Waals surface area contributed by atoms with E-state index in [0.717, 1.165) is 11.3 Å². The van der Waals surface area contributed by atoms with Crippen LogP contribution < -0.4 is 5.32 Å². The predicted octanol–water partition coefficient (Wildman–Crippen LogP) is 3.75. The Morgan fingerprint density at radius 3 is 2.79 bits per heavy atom. The Kier molecular flexibility index (Phi) is 6.58. The Bertz CT molecular complexity index is 896. The number of nitrogens with one attached hydrogen (secondary N) is 1. The molecule has 0 amide bonds. The summed E-state index contributed by atoms with van der Waals surface area (Å²) >= 11 is 1.40. The third kappa shape index (κ3) is 5.60. The molecule has 154 valence electrons. The molecule has 0 unspecified atom stereocenters. The number of benzene rings is 1. The van der Waals surface area contributed by atoms with Crippen molar-refractivity contribution in [3.8, 4) is 0 Å². The number of nitrogens with zero attached hydrogens (tertiary/aromatic N) is 2. The second kappa shape index (κ2) is 9.13. The van der Waals surface area contributed by atoms with Gasteiger partial charge in [0.15, 0.2) is 5.13 Å². The molecule has 3 atom stereocenters. The molecule has 1 fully saturated rings. The number of carbonyl (C=O) groups excluding carboxylic acids is 2. The summed E-state index contributed by atoms with van der Waals surface area (Å²) in [7, 11) is 0. The van der Waals surface area contributed by atoms with Crippen LogP contribution in [0.3, 0.4) is 0 Å². The molecule has 1 aliphatic carbocycles. The number of hydrogen-bond acceptors (Lipinski definition) is 8. The molecule has 29 heavy (non-hydrogen) atoms. The first-order chi connectivity index (χ1) is 13.8. The summed E-state index contributed by atoms with van der Waals surface area (Å²) in [5, 5.41) is 16.5. The Labute approximate surface area is 172 Å². The van der Waals surface area contributed by atoms with Gasteiger partial charge in [-0.1, -0.05) is 24.6 Å². The number of aromatic nitrogens is 1. The van der Waals surface area contributed by atoms with E-state index in [1.807, 2.05) is 38.1 Å². The molecule has 3 rings (SSSR count). The summed E-state index contributed by atoms with van der Waals surface area (Å²) in [6.45, 7) is 3.53. The molecule has 0 saturated heterocycles. The fourth-order valence-electron chi connectivity index (χ4n) is 3.58. The van der Waals surface area contributed by atoms with Crippen LogP contribution in [0.5, 0.6) is 0 Å². The van der Waals surface area contributed by atoms with Gasteiger partial charge < -0.3 is 10.1 Å². The van der Waals surface area contributed by atoms with Gasteiger partial charge in [-0.15, -0.1) is 11.3 Å². The molecular weight excluding hydrogens is 394 g/mol. The van der Waals surface area contributed by atoms with E-state index in [4.69, 9.17) is 4.74 Å². The molecule has 0 radical (unpaired) electrons. The first kappa shape index (κ1) is 20.9. The lowest BCUT2D eigenvalue weighted by molar-refractivity contribution is -0.490. The molecule has 1 saturated carbocycles. The molecule has 1 aliphatic rings. The second-order valence-electron chi connectivity index (χ2n) is 7.43. The lowest BCUT2D eigenvalue weighted by Gasteiger charge is -2.16. The van der Waals surface area contributed by atoms with Gasteiger partial charge in [-0.2, -0.15) is 0 Å². The Balaban J connectivity index is 1.51. The second-order valence-corrected chi connectivity index (χ2v) is 8.29. The minimum atomic E-state index is -0.642. The molecular formula is C20H23N3O5S. The average molecular weight is 417 g/mol. The minimum absolute atomic E-state index is 0.00127. The molecule has 0 spiro atoms. The molecule has 9 heteroatoms. The predicted molar refractivity (Wildman–Crippen MR) is 109 cm³/mol. The first-order valence-corrected chi connectivity index (χ1v) is 10.3. The van der Waals surface area contributed by atoms with Crippen molar-refractivity contribution >= 4 is 33.9 Å². The largest absolute Gasteiger partial charge is 0.459 e. The number of nitro groups is 1. The van der Waals surface area contributed by atoms with Crippen molar-refractivity contribution in [2.45, 2.75) is 33.3 Å². The van der Waals surface area contributed by atoms with Gasteiger partial charge in [0.05, 0.1) is 12.1 Å². The van der Waals surface area contributed by atoms with Crippen LogP contribution in [0.25, 0.3) is 0 Å². The Morgan fingerprint density at radius 2 is 2.10 bits per heavy atom. The summed E-state index contributed by atoms with van der Waals surface area (Å²) in [4.78, 5) is 39.2. The molecule has 1 aromatic carbocycles. The van der Waals surface area contributed by atoms with Crippen LogP contribution >= 0.6 is 11.3 Å². The van der Waals surface area contributed by atoms with Crippen molar-refractivity contribution < 1.29 is 19.2 Å². The smallest absolute Gasteiger partial charge is 0.306 e. The van der Waals surface area contributed by atoms with E-state index in [-0.39, 0.29) is 37.7 Å². The highest BCUT2D eigenvalue weighted by atomic mass is 32.1. The third-order valence-electron chi connectivity index (χ3n) is 5.17. The summed E-state index contributed by atoms with van der Waals surface area (Å²) in [5.41, 5.74) is 2.68. The molecule has 8 nitrogen and oxygen atoms in total. The number of thiazole rings is 1. The number of rotatable bonds is 8. The van der Waals surface area contributed by atoms with E-state index < -0.39 is 22.7 Å². The summed E-state index contributed by atoms with van der Waals surface area (Å²) in [6, 6.07) is 7.90. The molecule has 2 aromatic rings. The van der Waals surface area contributed by atoms with Crippen LogP contribution in [-0.2, 0) is 20.9 Å². The fourth-order valence-corrected chi connectivity index (χ4v) is 4.30. The van der Waals surface area contributed by atoms with Crippen molar-refractivity contribution in [2.75, 3.05) is 11.9 Å². The minimum Gasteiger partial charge on any atom is -0.459 e. The van der Waals surface area contributed by atoms with Crippen LogP contribution in [0.1, 0.15) is 31.0 Å². The standard InChI is InChI=1S/C20H23N3O5S/c1-12-3-5-14(6-4-12)21-20-22-15(11-29-20)10-28-19(25)8-16-17(9-23(26)27)13(2)7-18(16)24/h3-6,11,13,16-17H,7-10H2,1-2H3,(H,21,22)/t13-,16+,17-/m1/s1. The van der Waals surface area contributed by atoms with Gasteiger partial charge in [-0.05, 0) is 25.0 Å². The molecule has 0 bridgehead atoms. The number of aryl methyl sites for hydroxylation is 1. The Morgan fingerprint density at radius 1 is 1.38 bits per heavy atom. The number of ether oxygens (including phenoxy) is 1. The van der Waals surface area contributed by atoms with Crippen LogP contribution in [0.15, 0.2) is 29.6 Å². The van der Waals surface area contributed by atoms with E-state index >= 15 is 0 Å². The lowest BCUT2D eigenvalue weighted by atomic mass is 9.88. The van der Waals surface area contributed by atoms with Crippen molar-refractivity contribution in [1.82, 2.24) is 4.98 Å². The molecule has 0 aliphatic heterocycles. The molecule has 1 N–H and O–H groups in total. The maximum atomic E-state index is 12.2. The number of hydrogen-bond donors (Lipinski definition) is 1.